The number of hydrogen-bond acceptors (Lipinski definition) is 5. The zero-order chi connectivity index (χ0) is 17.5. The van der Waals surface area contributed by atoms with Crippen molar-refractivity contribution in [3.8, 4) is 17.2 Å². The van der Waals surface area contributed by atoms with Gasteiger partial charge in [-0.25, -0.2) is 0 Å². The van der Waals surface area contributed by atoms with Gasteiger partial charge in [-0.05, 0) is 29.7 Å². The molecule has 0 spiro atoms. The fourth-order valence-electron chi connectivity index (χ4n) is 3.06. The second kappa shape index (κ2) is 10.3. The Labute approximate surface area is 161 Å². The summed E-state index contributed by atoms with van der Waals surface area (Å²) in [5.41, 5.74) is 8.29. The van der Waals surface area contributed by atoms with E-state index in [1.807, 2.05) is 18.2 Å². The zero-order valence-corrected chi connectivity index (χ0v) is 16.0. The second-order valence-corrected chi connectivity index (χ2v) is 6.12. The first-order valence-electron chi connectivity index (χ1n) is 8.73. The Hall–Kier alpha value is -1.95. The van der Waals surface area contributed by atoms with E-state index in [0.717, 1.165) is 43.1 Å². The Balaban J connectivity index is 0.00000243. The molecule has 0 unspecified atom stereocenters. The number of hydrogen-bond donors (Lipinski definition) is 1. The number of nitrogens with two attached hydrogens (primary N) is 1. The lowest BCUT2D eigenvalue weighted by atomic mass is 10.1. The summed E-state index contributed by atoms with van der Waals surface area (Å²) in [7, 11) is 1.66. The van der Waals surface area contributed by atoms with Crippen LogP contribution in [0.3, 0.4) is 0 Å². The molecule has 0 bridgehead atoms. The van der Waals surface area contributed by atoms with Crippen molar-refractivity contribution in [1.82, 2.24) is 4.90 Å². The molecule has 26 heavy (non-hydrogen) atoms. The van der Waals surface area contributed by atoms with E-state index in [1.165, 1.54) is 5.56 Å². The van der Waals surface area contributed by atoms with Gasteiger partial charge in [0.15, 0.2) is 11.5 Å². The number of halogens is 1. The third kappa shape index (κ3) is 5.27. The Morgan fingerprint density at radius 3 is 2.54 bits per heavy atom. The lowest BCUT2D eigenvalue weighted by Gasteiger charge is -2.25. The maximum atomic E-state index is 5.81. The summed E-state index contributed by atoms with van der Waals surface area (Å²) >= 11 is 0. The molecule has 0 atom stereocenters. The van der Waals surface area contributed by atoms with E-state index < -0.39 is 0 Å². The van der Waals surface area contributed by atoms with Crippen molar-refractivity contribution in [1.29, 1.82) is 0 Å². The van der Waals surface area contributed by atoms with Crippen LogP contribution in [-0.2, 0) is 13.0 Å². The molecule has 3 rings (SSSR count). The maximum absolute atomic E-state index is 5.81. The maximum Gasteiger partial charge on any atom is 0.203 e. The van der Waals surface area contributed by atoms with Crippen LogP contribution in [0.4, 0.5) is 0 Å². The van der Waals surface area contributed by atoms with Gasteiger partial charge in [0.1, 0.15) is 13.2 Å². The normalized spacial score (nSPS) is 12.6. The van der Waals surface area contributed by atoms with Gasteiger partial charge in [-0.1, -0.05) is 30.3 Å². The van der Waals surface area contributed by atoms with Crippen molar-refractivity contribution in [2.45, 2.75) is 13.0 Å². The summed E-state index contributed by atoms with van der Waals surface area (Å²) in [6, 6.07) is 14.6. The summed E-state index contributed by atoms with van der Waals surface area (Å²) in [6.45, 7) is 4.37. The fourth-order valence-corrected chi connectivity index (χ4v) is 3.06. The molecule has 0 radical (unpaired) electrons. The lowest BCUT2D eigenvalue weighted by Crippen LogP contribution is -2.31. The monoisotopic (exact) mass is 378 g/mol. The van der Waals surface area contributed by atoms with Crippen molar-refractivity contribution in [3.63, 3.8) is 0 Å². The van der Waals surface area contributed by atoms with Crippen molar-refractivity contribution in [2.24, 2.45) is 5.73 Å². The standard InChI is InChI=1S/C20H26N2O3.ClH/c1-23-18-13-17(14-19-20(18)25-12-11-24-19)15-22(10-8-21)9-7-16-5-3-2-4-6-16;/h2-6,13-14H,7-12,15,21H2,1H3;1H. The van der Waals surface area contributed by atoms with E-state index >= 15 is 0 Å². The topological polar surface area (TPSA) is 57.0 Å². The molecule has 1 aliphatic rings. The summed E-state index contributed by atoms with van der Waals surface area (Å²) < 4.78 is 16.9. The predicted octanol–water partition coefficient (Wildman–Crippen LogP) is 2.89. The van der Waals surface area contributed by atoms with Crippen LogP contribution >= 0.6 is 12.4 Å². The molecule has 2 aromatic rings. The Morgan fingerprint density at radius 1 is 1.04 bits per heavy atom. The molecule has 0 fully saturated rings. The number of rotatable bonds is 8. The minimum atomic E-state index is 0. The van der Waals surface area contributed by atoms with Gasteiger partial charge in [-0.2, -0.15) is 0 Å². The molecule has 6 heteroatoms. The summed E-state index contributed by atoms with van der Waals surface area (Å²) in [5, 5.41) is 0. The second-order valence-electron chi connectivity index (χ2n) is 6.12. The molecule has 0 saturated heterocycles. The van der Waals surface area contributed by atoms with Crippen LogP contribution in [0.1, 0.15) is 11.1 Å². The van der Waals surface area contributed by atoms with Gasteiger partial charge in [-0.15, -0.1) is 12.4 Å². The first kappa shape index (κ1) is 20.4. The summed E-state index contributed by atoms with van der Waals surface area (Å²) in [5.74, 6) is 2.19. The highest BCUT2D eigenvalue weighted by atomic mass is 35.5. The highest BCUT2D eigenvalue weighted by Crippen LogP contribution is 2.40. The van der Waals surface area contributed by atoms with Crippen LogP contribution in [-0.4, -0.2) is 44.9 Å². The van der Waals surface area contributed by atoms with Crippen LogP contribution < -0.4 is 19.9 Å². The Morgan fingerprint density at radius 2 is 1.81 bits per heavy atom. The van der Waals surface area contributed by atoms with E-state index in [0.29, 0.717) is 25.5 Å². The highest BCUT2D eigenvalue weighted by molar-refractivity contribution is 5.85. The molecular weight excluding hydrogens is 352 g/mol. The van der Waals surface area contributed by atoms with Crippen LogP contribution in [0.25, 0.3) is 0 Å². The molecule has 142 valence electrons. The minimum absolute atomic E-state index is 0. The van der Waals surface area contributed by atoms with Gasteiger partial charge in [0.25, 0.3) is 0 Å². The molecule has 0 amide bonds. The molecule has 1 heterocycles. The number of methoxy groups -OCH3 is 1. The third-order valence-corrected chi connectivity index (χ3v) is 4.30. The van der Waals surface area contributed by atoms with Crippen LogP contribution in [0, 0.1) is 0 Å². The highest BCUT2D eigenvalue weighted by Gasteiger charge is 2.19. The van der Waals surface area contributed by atoms with Gasteiger partial charge < -0.3 is 19.9 Å². The fraction of sp³-hybridized carbons (Fsp3) is 0.400. The number of ether oxygens (including phenoxy) is 3. The van der Waals surface area contributed by atoms with Gasteiger partial charge in [0.2, 0.25) is 5.75 Å². The number of fused-ring (bicyclic) bond motifs is 1. The Bertz CT molecular complexity index is 665. The largest absolute Gasteiger partial charge is 0.493 e. The molecule has 2 aromatic carbocycles. The number of nitrogens with zero attached hydrogens (tertiary/aromatic N) is 1. The Kier molecular flexibility index (Phi) is 8.04. The van der Waals surface area contributed by atoms with Gasteiger partial charge in [0.05, 0.1) is 7.11 Å². The first-order valence-corrected chi connectivity index (χ1v) is 8.73. The van der Waals surface area contributed by atoms with Crippen molar-refractivity contribution in [3.05, 3.63) is 53.6 Å². The molecule has 0 saturated carbocycles. The lowest BCUT2D eigenvalue weighted by molar-refractivity contribution is 0.164. The van der Waals surface area contributed by atoms with Crippen molar-refractivity contribution >= 4 is 12.4 Å². The van der Waals surface area contributed by atoms with Crippen molar-refractivity contribution < 1.29 is 14.2 Å². The van der Waals surface area contributed by atoms with E-state index in [1.54, 1.807) is 7.11 Å². The van der Waals surface area contributed by atoms with E-state index in [-0.39, 0.29) is 12.4 Å². The van der Waals surface area contributed by atoms with E-state index in [9.17, 15) is 0 Å². The first-order chi connectivity index (χ1) is 12.3. The van der Waals surface area contributed by atoms with E-state index in [2.05, 4.69) is 29.2 Å². The van der Waals surface area contributed by atoms with E-state index in [4.69, 9.17) is 19.9 Å². The van der Waals surface area contributed by atoms with Crippen LogP contribution in [0.2, 0.25) is 0 Å². The predicted molar refractivity (Wildman–Crippen MR) is 106 cm³/mol. The average Bonchev–Trinajstić information content (AvgIpc) is 2.66. The SMILES string of the molecule is COc1cc(CN(CCN)CCc2ccccc2)cc2c1OCCO2.Cl. The summed E-state index contributed by atoms with van der Waals surface area (Å²) in [4.78, 5) is 2.36. The quantitative estimate of drug-likeness (QED) is 0.765. The molecule has 2 N–H and O–H groups in total. The molecular formula is C20H27ClN2O3. The molecule has 0 aliphatic carbocycles. The molecule has 5 nitrogen and oxygen atoms in total. The smallest absolute Gasteiger partial charge is 0.203 e. The third-order valence-electron chi connectivity index (χ3n) is 4.30. The average molecular weight is 379 g/mol. The summed E-state index contributed by atoms with van der Waals surface area (Å²) in [6.07, 6.45) is 1.00. The minimum Gasteiger partial charge on any atom is -0.493 e. The van der Waals surface area contributed by atoms with Gasteiger partial charge in [0, 0.05) is 26.2 Å². The number of benzene rings is 2. The molecule has 1 aliphatic heterocycles. The zero-order valence-electron chi connectivity index (χ0n) is 15.1. The van der Waals surface area contributed by atoms with Crippen molar-refractivity contribution in [2.75, 3.05) is 40.0 Å². The van der Waals surface area contributed by atoms with Gasteiger partial charge in [-0.3, -0.25) is 4.90 Å². The molecule has 0 aromatic heterocycles. The van der Waals surface area contributed by atoms with Crippen LogP contribution in [0.15, 0.2) is 42.5 Å². The van der Waals surface area contributed by atoms with Gasteiger partial charge >= 0.3 is 0 Å². The van der Waals surface area contributed by atoms with Crippen LogP contribution in [0.5, 0.6) is 17.2 Å².